The summed E-state index contributed by atoms with van der Waals surface area (Å²) in [4.78, 5) is 0. The van der Waals surface area contributed by atoms with E-state index in [2.05, 4.69) is 23.3 Å². The number of nitriles is 1. The molecule has 1 heterocycles. The van der Waals surface area contributed by atoms with Crippen molar-refractivity contribution in [3.05, 3.63) is 11.4 Å². The molecule has 1 aromatic heterocycles. The van der Waals surface area contributed by atoms with Crippen LogP contribution in [0.5, 0.6) is 0 Å². The average Bonchev–Trinajstić information content (AvgIpc) is 3.08. The number of aromatic nitrogens is 3. The minimum Gasteiger partial charge on any atom is -0.396 e. The molecule has 5 heteroatoms. The number of aliphatic hydroxyl groups is 1. The van der Waals surface area contributed by atoms with Crippen LogP contribution in [0.15, 0.2) is 0 Å². The first-order chi connectivity index (χ1) is 8.74. The summed E-state index contributed by atoms with van der Waals surface area (Å²) >= 11 is 0. The predicted molar refractivity (Wildman–Crippen MR) is 66.6 cm³/mol. The van der Waals surface area contributed by atoms with Crippen LogP contribution in [-0.4, -0.2) is 26.7 Å². The molecule has 0 amide bonds. The molecule has 98 valence electrons. The van der Waals surface area contributed by atoms with E-state index >= 15 is 0 Å². The molecule has 1 aromatic rings. The van der Waals surface area contributed by atoms with Crippen LogP contribution >= 0.6 is 0 Å². The highest BCUT2D eigenvalue weighted by molar-refractivity contribution is 5.16. The second kappa shape index (κ2) is 5.96. The molecule has 0 radical (unpaired) electrons. The van der Waals surface area contributed by atoms with E-state index < -0.39 is 0 Å². The minimum atomic E-state index is 0.207. The van der Waals surface area contributed by atoms with Gasteiger partial charge in [0, 0.05) is 13.2 Å². The summed E-state index contributed by atoms with van der Waals surface area (Å²) in [5, 5.41) is 26.0. The van der Waals surface area contributed by atoms with Crippen LogP contribution in [0.25, 0.3) is 0 Å². The van der Waals surface area contributed by atoms with Crippen LogP contribution < -0.4 is 0 Å². The first kappa shape index (κ1) is 13.0. The molecule has 0 saturated heterocycles. The zero-order valence-electron chi connectivity index (χ0n) is 10.8. The third kappa shape index (κ3) is 3.30. The van der Waals surface area contributed by atoms with Gasteiger partial charge in [-0.3, -0.25) is 0 Å². The molecule has 1 unspecified atom stereocenters. The Morgan fingerprint density at radius 3 is 2.94 bits per heavy atom. The molecule has 1 fully saturated rings. The van der Waals surface area contributed by atoms with Crippen molar-refractivity contribution in [1.29, 1.82) is 5.26 Å². The Hall–Kier alpha value is -1.41. The molecule has 1 saturated carbocycles. The molecule has 18 heavy (non-hydrogen) atoms. The van der Waals surface area contributed by atoms with Gasteiger partial charge >= 0.3 is 0 Å². The largest absolute Gasteiger partial charge is 0.396 e. The highest BCUT2D eigenvalue weighted by Gasteiger charge is 2.26. The number of rotatable bonds is 7. The van der Waals surface area contributed by atoms with E-state index in [0.29, 0.717) is 12.3 Å². The van der Waals surface area contributed by atoms with Gasteiger partial charge in [-0.1, -0.05) is 12.1 Å². The molecule has 2 rings (SSSR count). The smallest absolute Gasteiger partial charge is 0.0999 e. The molecule has 1 atom stereocenters. The average molecular weight is 248 g/mol. The van der Waals surface area contributed by atoms with Gasteiger partial charge in [0.05, 0.1) is 23.9 Å². The topological polar surface area (TPSA) is 74.7 Å². The summed E-state index contributed by atoms with van der Waals surface area (Å²) in [6.45, 7) is 3.09. The summed E-state index contributed by atoms with van der Waals surface area (Å²) in [7, 11) is 0. The number of hydrogen-bond acceptors (Lipinski definition) is 4. The lowest BCUT2D eigenvalue weighted by molar-refractivity contribution is 0.250. The highest BCUT2D eigenvalue weighted by atomic mass is 16.3. The predicted octanol–water partition coefficient (Wildman–Crippen LogP) is 1.32. The van der Waals surface area contributed by atoms with E-state index in [1.165, 1.54) is 12.8 Å². The normalized spacial score (nSPS) is 16.5. The Bertz CT molecular complexity index is 431. The van der Waals surface area contributed by atoms with Crippen LogP contribution in [0.4, 0.5) is 0 Å². The van der Waals surface area contributed by atoms with E-state index in [0.717, 1.165) is 36.7 Å². The molecule has 1 aliphatic carbocycles. The molecule has 0 bridgehead atoms. The van der Waals surface area contributed by atoms with Crippen LogP contribution in [0.1, 0.15) is 37.6 Å². The Morgan fingerprint density at radius 1 is 1.56 bits per heavy atom. The van der Waals surface area contributed by atoms with E-state index in [4.69, 9.17) is 10.4 Å². The van der Waals surface area contributed by atoms with Crippen LogP contribution in [0.3, 0.4) is 0 Å². The van der Waals surface area contributed by atoms with Crippen molar-refractivity contribution < 1.29 is 5.11 Å². The van der Waals surface area contributed by atoms with Crippen molar-refractivity contribution >= 4 is 0 Å². The van der Waals surface area contributed by atoms with E-state index in [9.17, 15) is 0 Å². The van der Waals surface area contributed by atoms with Gasteiger partial charge in [0.1, 0.15) is 0 Å². The maximum Gasteiger partial charge on any atom is 0.0999 e. The van der Waals surface area contributed by atoms with Gasteiger partial charge in [-0.25, -0.2) is 4.68 Å². The minimum absolute atomic E-state index is 0.207. The Morgan fingerprint density at radius 2 is 2.33 bits per heavy atom. The molecule has 0 aromatic carbocycles. The highest BCUT2D eigenvalue weighted by Crippen LogP contribution is 2.33. The standard InChI is InChI=1S/C13H20N4O/c1-10(5-7-18)9-17-13(8-11-2-3-11)12(4-6-14)15-16-17/h10-11,18H,2-5,7-9H2,1H3. The summed E-state index contributed by atoms with van der Waals surface area (Å²) in [6.07, 6.45) is 4.68. The molecule has 5 nitrogen and oxygen atoms in total. The first-order valence-corrected chi connectivity index (χ1v) is 6.63. The lowest BCUT2D eigenvalue weighted by Crippen LogP contribution is -2.14. The van der Waals surface area contributed by atoms with Gasteiger partial charge < -0.3 is 5.11 Å². The fourth-order valence-corrected chi connectivity index (χ4v) is 2.15. The van der Waals surface area contributed by atoms with Crippen molar-refractivity contribution in [2.75, 3.05) is 6.61 Å². The van der Waals surface area contributed by atoms with Crippen molar-refractivity contribution in [2.45, 2.75) is 45.6 Å². The number of hydrogen-bond donors (Lipinski definition) is 1. The van der Waals surface area contributed by atoms with E-state index in [1.54, 1.807) is 0 Å². The van der Waals surface area contributed by atoms with Gasteiger partial charge in [0.25, 0.3) is 0 Å². The fraction of sp³-hybridized carbons (Fsp3) is 0.769. The van der Waals surface area contributed by atoms with Gasteiger partial charge in [-0.05, 0) is 37.5 Å². The van der Waals surface area contributed by atoms with Gasteiger partial charge in [-0.2, -0.15) is 5.26 Å². The molecular formula is C13H20N4O. The van der Waals surface area contributed by atoms with Gasteiger partial charge in [0.2, 0.25) is 0 Å². The maximum atomic E-state index is 8.94. The molecule has 1 aliphatic rings. The Kier molecular flexibility index (Phi) is 4.32. The summed E-state index contributed by atoms with van der Waals surface area (Å²) < 4.78 is 1.94. The quantitative estimate of drug-likeness (QED) is 0.789. The van der Waals surface area contributed by atoms with Gasteiger partial charge in [-0.15, -0.1) is 5.10 Å². The summed E-state index contributed by atoms with van der Waals surface area (Å²) in [6, 6.07) is 2.15. The Labute approximate surface area is 107 Å². The molecule has 1 N–H and O–H groups in total. The van der Waals surface area contributed by atoms with Crippen LogP contribution in [-0.2, 0) is 19.4 Å². The zero-order valence-corrected chi connectivity index (χ0v) is 10.8. The lowest BCUT2D eigenvalue weighted by Gasteiger charge is -2.12. The maximum absolute atomic E-state index is 8.94. The second-order valence-corrected chi connectivity index (χ2v) is 5.26. The monoisotopic (exact) mass is 248 g/mol. The summed E-state index contributed by atoms with van der Waals surface area (Å²) in [5.41, 5.74) is 1.96. The van der Waals surface area contributed by atoms with Crippen molar-refractivity contribution in [2.24, 2.45) is 11.8 Å². The fourth-order valence-electron chi connectivity index (χ4n) is 2.15. The van der Waals surface area contributed by atoms with Crippen molar-refractivity contribution in [3.8, 4) is 6.07 Å². The molecular weight excluding hydrogens is 228 g/mol. The molecule has 0 spiro atoms. The zero-order chi connectivity index (χ0) is 13.0. The van der Waals surface area contributed by atoms with E-state index in [-0.39, 0.29) is 6.61 Å². The van der Waals surface area contributed by atoms with Crippen molar-refractivity contribution in [3.63, 3.8) is 0 Å². The first-order valence-electron chi connectivity index (χ1n) is 6.63. The third-order valence-corrected chi connectivity index (χ3v) is 3.45. The van der Waals surface area contributed by atoms with Crippen molar-refractivity contribution in [1.82, 2.24) is 15.0 Å². The van der Waals surface area contributed by atoms with Gasteiger partial charge in [0.15, 0.2) is 0 Å². The van der Waals surface area contributed by atoms with Crippen LogP contribution in [0, 0.1) is 23.2 Å². The molecule has 0 aliphatic heterocycles. The van der Waals surface area contributed by atoms with E-state index in [1.807, 2.05) is 4.68 Å². The third-order valence-electron chi connectivity index (χ3n) is 3.45. The number of nitrogens with zero attached hydrogens (tertiary/aromatic N) is 4. The Balaban J connectivity index is 2.09. The second-order valence-electron chi connectivity index (χ2n) is 5.26. The SMILES string of the molecule is CC(CCO)Cn1nnc(CC#N)c1CC1CC1. The lowest BCUT2D eigenvalue weighted by atomic mass is 10.1. The summed E-state index contributed by atoms with van der Waals surface area (Å²) in [5.74, 6) is 1.14. The number of aliphatic hydroxyl groups excluding tert-OH is 1. The van der Waals surface area contributed by atoms with Crippen LogP contribution in [0.2, 0.25) is 0 Å².